The van der Waals surface area contributed by atoms with Crippen LogP contribution in [0.5, 0.6) is 0 Å². The van der Waals surface area contributed by atoms with Crippen molar-refractivity contribution in [3.8, 4) is 11.8 Å². The van der Waals surface area contributed by atoms with E-state index in [0.717, 1.165) is 10.6 Å². The minimum atomic E-state index is -0.143. The zero-order valence-electron chi connectivity index (χ0n) is 13.7. The lowest BCUT2D eigenvalue weighted by Gasteiger charge is -2.08. The summed E-state index contributed by atoms with van der Waals surface area (Å²) >= 11 is 2.67. The van der Waals surface area contributed by atoms with Gasteiger partial charge < -0.3 is 5.32 Å². The van der Waals surface area contributed by atoms with Crippen LogP contribution in [0.15, 0.2) is 71.0 Å². The summed E-state index contributed by atoms with van der Waals surface area (Å²) in [4.78, 5) is 17.3. The van der Waals surface area contributed by atoms with Crippen LogP contribution >= 0.6 is 23.5 Å². The molecule has 6 nitrogen and oxygen atoms in total. The van der Waals surface area contributed by atoms with Gasteiger partial charge in [0.2, 0.25) is 11.1 Å². The topological polar surface area (TPSA) is 83.6 Å². The van der Waals surface area contributed by atoms with Crippen LogP contribution in [0, 0.1) is 11.3 Å². The first-order valence-electron chi connectivity index (χ1n) is 7.75. The van der Waals surface area contributed by atoms with Gasteiger partial charge in [-0.2, -0.15) is 5.26 Å². The molecule has 0 aliphatic rings. The van der Waals surface area contributed by atoms with Crippen molar-refractivity contribution in [3.05, 3.63) is 60.9 Å². The minimum absolute atomic E-state index is 0.143. The van der Waals surface area contributed by atoms with E-state index in [2.05, 4.69) is 21.5 Å². The van der Waals surface area contributed by atoms with Crippen molar-refractivity contribution in [2.24, 2.45) is 0 Å². The Kier molecular flexibility index (Phi) is 6.30. The molecule has 1 N–H and O–H groups in total. The molecule has 0 fully saturated rings. The zero-order valence-corrected chi connectivity index (χ0v) is 15.3. The number of amides is 1. The summed E-state index contributed by atoms with van der Waals surface area (Å²) in [7, 11) is 0. The van der Waals surface area contributed by atoms with Crippen molar-refractivity contribution in [1.29, 1.82) is 5.26 Å². The van der Waals surface area contributed by atoms with E-state index >= 15 is 0 Å². The molecule has 1 amide bonds. The molecule has 8 heteroatoms. The number of aromatic nitrogens is 3. The Morgan fingerprint density at radius 3 is 2.69 bits per heavy atom. The Balaban J connectivity index is 1.57. The predicted molar refractivity (Wildman–Crippen MR) is 103 cm³/mol. The van der Waals surface area contributed by atoms with Crippen molar-refractivity contribution < 1.29 is 4.79 Å². The highest BCUT2D eigenvalue weighted by Crippen LogP contribution is 2.27. The maximum absolute atomic E-state index is 12.2. The van der Waals surface area contributed by atoms with E-state index < -0.39 is 0 Å². The number of carbonyl (C=O) groups is 1. The average molecular weight is 381 g/mol. The Morgan fingerprint density at radius 2 is 1.88 bits per heavy atom. The van der Waals surface area contributed by atoms with Gasteiger partial charge in [0.25, 0.3) is 0 Å². The molecule has 26 heavy (non-hydrogen) atoms. The monoisotopic (exact) mass is 381 g/mol. The van der Waals surface area contributed by atoms with E-state index in [1.165, 1.54) is 23.5 Å². The van der Waals surface area contributed by atoms with Gasteiger partial charge in [-0.1, -0.05) is 42.1 Å². The molecule has 0 aliphatic heterocycles. The Labute approximate surface area is 159 Å². The second kappa shape index (κ2) is 9.08. The lowest BCUT2D eigenvalue weighted by Crippen LogP contribution is -2.14. The predicted octanol–water partition coefficient (Wildman–Crippen LogP) is 3.61. The third-order valence-corrected chi connectivity index (χ3v) is 5.07. The van der Waals surface area contributed by atoms with E-state index in [1.54, 1.807) is 11.0 Å². The standard InChI is InChI=1S/C18H15N5OS2/c19-10-11-25-16-9-5-4-8-15(16)21-17(24)12-26-18-20-13-23(22-18)14-6-2-1-3-7-14/h1-9,13H,11-12H2,(H,21,24). The van der Waals surface area contributed by atoms with Gasteiger partial charge >= 0.3 is 0 Å². The van der Waals surface area contributed by atoms with Crippen molar-refractivity contribution in [1.82, 2.24) is 14.8 Å². The fourth-order valence-electron chi connectivity index (χ4n) is 2.14. The van der Waals surface area contributed by atoms with E-state index in [-0.39, 0.29) is 11.7 Å². The van der Waals surface area contributed by atoms with Crippen LogP contribution in [-0.4, -0.2) is 32.2 Å². The molecule has 0 spiro atoms. The van der Waals surface area contributed by atoms with Crippen LogP contribution in [-0.2, 0) is 4.79 Å². The number of para-hydroxylation sites is 2. The number of thioether (sulfide) groups is 2. The quantitative estimate of drug-likeness (QED) is 0.630. The van der Waals surface area contributed by atoms with Crippen molar-refractivity contribution in [2.45, 2.75) is 10.1 Å². The fourth-order valence-corrected chi connectivity index (χ4v) is 3.41. The number of rotatable bonds is 7. The van der Waals surface area contributed by atoms with Crippen LogP contribution < -0.4 is 5.32 Å². The van der Waals surface area contributed by atoms with Crippen LogP contribution in [0.1, 0.15) is 0 Å². The summed E-state index contributed by atoms with van der Waals surface area (Å²) in [5, 5.41) is 16.5. The number of anilines is 1. The SMILES string of the molecule is N#CCSc1ccccc1NC(=O)CSc1ncn(-c2ccccc2)n1. The normalized spacial score (nSPS) is 10.3. The summed E-state index contributed by atoms with van der Waals surface area (Å²) in [6.07, 6.45) is 1.63. The van der Waals surface area contributed by atoms with Crippen LogP contribution in [0.3, 0.4) is 0 Å². The zero-order chi connectivity index (χ0) is 18.2. The molecule has 0 bridgehead atoms. The first kappa shape index (κ1) is 18.0. The Hall–Kier alpha value is -2.76. The third-order valence-electron chi connectivity index (χ3n) is 3.28. The second-order valence-electron chi connectivity index (χ2n) is 5.09. The molecule has 0 saturated carbocycles. The maximum atomic E-state index is 12.2. The maximum Gasteiger partial charge on any atom is 0.234 e. The Morgan fingerprint density at radius 1 is 1.12 bits per heavy atom. The van der Waals surface area contributed by atoms with Gasteiger partial charge in [-0.25, -0.2) is 9.67 Å². The highest BCUT2D eigenvalue weighted by Gasteiger charge is 2.10. The van der Waals surface area contributed by atoms with Gasteiger partial charge in [0.15, 0.2) is 0 Å². The average Bonchev–Trinajstić information content (AvgIpc) is 3.15. The second-order valence-corrected chi connectivity index (χ2v) is 7.05. The molecule has 0 unspecified atom stereocenters. The fraction of sp³-hybridized carbons (Fsp3) is 0.111. The number of nitrogens with zero attached hydrogens (tertiary/aromatic N) is 4. The van der Waals surface area contributed by atoms with E-state index in [0.29, 0.717) is 16.6 Å². The van der Waals surface area contributed by atoms with Crippen molar-refractivity contribution in [3.63, 3.8) is 0 Å². The van der Waals surface area contributed by atoms with Crippen molar-refractivity contribution in [2.75, 3.05) is 16.8 Å². The first-order chi connectivity index (χ1) is 12.8. The number of carbonyl (C=O) groups excluding carboxylic acids is 1. The molecule has 3 rings (SSSR count). The highest BCUT2D eigenvalue weighted by molar-refractivity contribution is 8.00. The number of benzene rings is 2. The molecular formula is C18H15N5OS2. The molecule has 0 saturated heterocycles. The van der Waals surface area contributed by atoms with E-state index in [4.69, 9.17) is 5.26 Å². The molecule has 2 aromatic carbocycles. The van der Waals surface area contributed by atoms with Gasteiger partial charge in [-0.05, 0) is 24.3 Å². The summed E-state index contributed by atoms with van der Waals surface area (Å²) in [6.45, 7) is 0. The van der Waals surface area contributed by atoms with E-state index in [9.17, 15) is 4.79 Å². The van der Waals surface area contributed by atoms with Gasteiger partial charge in [0, 0.05) is 4.90 Å². The smallest absolute Gasteiger partial charge is 0.234 e. The number of hydrogen-bond acceptors (Lipinski definition) is 6. The Bertz CT molecular complexity index is 921. The largest absolute Gasteiger partial charge is 0.324 e. The van der Waals surface area contributed by atoms with Crippen LogP contribution in [0.2, 0.25) is 0 Å². The molecule has 1 aromatic heterocycles. The molecule has 130 valence electrons. The van der Waals surface area contributed by atoms with Crippen LogP contribution in [0.25, 0.3) is 5.69 Å². The van der Waals surface area contributed by atoms with Gasteiger partial charge in [0.1, 0.15) is 6.33 Å². The lowest BCUT2D eigenvalue weighted by atomic mass is 10.3. The molecule has 0 aliphatic carbocycles. The molecule has 1 heterocycles. The molecule has 0 radical (unpaired) electrons. The number of nitriles is 1. The molecule has 0 atom stereocenters. The minimum Gasteiger partial charge on any atom is -0.324 e. The summed E-state index contributed by atoms with van der Waals surface area (Å²) in [5.41, 5.74) is 1.63. The highest BCUT2D eigenvalue weighted by atomic mass is 32.2. The van der Waals surface area contributed by atoms with Crippen molar-refractivity contribution >= 4 is 35.1 Å². The summed E-state index contributed by atoms with van der Waals surface area (Å²) < 4.78 is 1.67. The first-order valence-corrected chi connectivity index (χ1v) is 9.72. The van der Waals surface area contributed by atoms with Crippen LogP contribution in [0.4, 0.5) is 5.69 Å². The van der Waals surface area contributed by atoms with E-state index in [1.807, 2.05) is 54.6 Å². The van der Waals surface area contributed by atoms with Gasteiger partial charge in [-0.15, -0.1) is 16.9 Å². The lowest BCUT2D eigenvalue weighted by molar-refractivity contribution is -0.113. The third kappa shape index (κ3) is 4.88. The summed E-state index contributed by atoms with van der Waals surface area (Å²) in [5.74, 6) is 0.398. The van der Waals surface area contributed by atoms with Gasteiger partial charge in [0.05, 0.1) is 28.9 Å². The molecular weight excluding hydrogens is 366 g/mol. The summed E-state index contributed by atoms with van der Waals surface area (Å²) in [6, 6.07) is 19.2. The number of hydrogen-bond donors (Lipinski definition) is 1. The molecule has 3 aromatic rings. The number of nitrogens with one attached hydrogen (secondary N) is 1. The van der Waals surface area contributed by atoms with Gasteiger partial charge in [-0.3, -0.25) is 4.79 Å².